The topological polar surface area (TPSA) is 63.7 Å². The van der Waals surface area contributed by atoms with Gasteiger partial charge in [-0.15, -0.1) is 11.8 Å². The average Bonchev–Trinajstić information content (AvgIpc) is 2.91. The quantitative estimate of drug-likeness (QED) is 0.224. The second-order valence-corrected chi connectivity index (χ2v) is 7.29. The number of allylic oxidation sites excluding steroid dienone is 1. The lowest BCUT2D eigenvalue weighted by atomic mass is 10.0. The van der Waals surface area contributed by atoms with Gasteiger partial charge in [-0.1, -0.05) is 32.8 Å². The Bertz CT molecular complexity index is 663. The van der Waals surface area contributed by atoms with Crippen LogP contribution in [0.5, 0.6) is 0 Å². The van der Waals surface area contributed by atoms with Crippen LogP contribution in [0, 0.1) is 17.8 Å². The molecule has 0 saturated carbocycles. The lowest BCUT2D eigenvalue weighted by Crippen LogP contribution is -2.36. The molecular formula is C22H31F2NO4. The first-order valence-corrected chi connectivity index (χ1v) is 10.2. The van der Waals surface area contributed by atoms with E-state index < -0.39 is 24.3 Å². The van der Waals surface area contributed by atoms with Gasteiger partial charge >= 0.3 is 11.9 Å². The van der Waals surface area contributed by atoms with Crippen LogP contribution in [-0.2, 0) is 19.1 Å². The fourth-order valence-electron chi connectivity index (χ4n) is 3.09. The molecule has 0 bridgehead atoms. The van der Waals surface area contributed by atoms with E-state index in [0.29, 0.717) is 32.1 Å². The van der Waals surface area contributed by atoms with Crippen LogP contribution >= 0.6 is 0 Å². The number of likely N-dealkylation sites (tertiary alicyclic amines) is 1. The van der Waals surface area contributed by atoms with Gasteiger partial charge < -0.3 is 9.64 Å². The molecule has 2 unspecified atom stereocenters. The molecule has 5 nitrogen and oxygen atoms in total. The van der Waals surface area contributed by atoms with Crippen molar-refractivity contribution in [2.75, 3.05) is 13.7 Å². The third kappa shape index (κ3) is 8.35. The molecule has 0 aromatic heterocycles. The summed E-state index contributed by atoms with van der Waals surface area (Å²) in [6.07, 6.45) is 6.27. The summed E-state index contributed by atoms with van der Waals surface area (Å²) in [5.41, 5.74) is 0. The molecule has 0 aromatic rings. The number of nitrogens with zero attached hydrogens (tertiary/aromatic N) is 1. The number of rotatable bonds is 11. The van der Waals surface area contributed by atoms with Crippen LogP contribution in [0.4, 0.5) is 8.78 Å². The Morgan fingerprint density at radius 1 is 1.28 bits per heavy atom. The summed E-state index contributed by atoms with van der Waals surface area (Å²) < 4.78 is 32.4. The second kappa shape index (κ2) is 12.4. The van der Waals surface area contributed by atoms with Crippen molar-refractivity contribution in [1.82, 2.24) is 4.90 Å². The molecule has 7 heteroatoms. The number of carbonyl (C=O) groups excluding carboxylic acids is 3. The van der Waals surface area contributed by atoms with Crippen molar-refractivity contribution in [2.45, 2.75) is 77.2 Å². The molecule has 0 radical (unpaired) electrons. The molecule has 0 spiro atoms. The summed E-state index contributed by atoms with van der Waals surface area (Å²) >= 11 is 0. The van der Waals surface area contributed by atoms with Crippen LogP contribution in [0.15, 0.2) is 12.2 Å². The van der Waals surface area contributed by atoms with Crippen molar-refractivity contribution in [3.63, 3.8) is 0 Å². The Balaban J connectivity index is 2.57. The minimum absolute atomic E-state index is 0.180. The summed E-state index contributed by atoms with van der Waals surface area (Å²) in [7, 11) is 1.33. The van der Waals surface area contributed by atoms with Gasteiger partial charge in [0.05, 0.1) is 13.2 Å². The number of hydrogen-bond donors (Lipinski definition) is 0. The predicted molar refractivity (Wildman–Crippen MR) is 106 cm³/mol. The number of ketones is 1. The summed E-state index contributed by atoms with van der Waals surface area (Å²) in [6, 6.07) is -0.787. The molecule has 1 aliphatic rings. The maximum absolute atomic E-state index is 13.9. The fourth-order valence-corrected chi connectivity index (χ4v) is 3.09. The van der Waals surface area contributed by atoms with Crippen LogP contribution in [0.25, 0.3) is 0 Å². The standard InChI is InChI=1S/C22H31F2NO4/c1-4-5-8-11-17(2)19(26)14-13-18-16-22(23,24)21(28)25(18)15-10-7-6-9-12-20(27)29-3/h13-14,17-18H,4,6-7,9-12,15-16H2,1-3H3. The third-order valence-corrected chi connectivity index (χ3v) is 4.88. The van der Waals surface area contributed by atoms with Crippen molar-refractivity contribution in [1.29, 1.82) is 0 Å². The van der Waals surface area contributed by atoms with E-state index in [1.165, 1.54) is 19.3 Å². The maximum atomic E-state index is 13.9. The van der Waals surface area contributed by atoms with E-state index in [1.54, 1.807) is 6.92 Å². The summed E-state index contributed by atoms with van der Waals surface area (Å²) in [5, 5.41) is 0. The number of amides is 1. The van der Waals surface area contributed by atoms with Crippen LogP contribution in [0.3, 0.4) is 0 Å². The largest absolute Gasteiger partial charge is 0.469 e. The number of unbranched alkanes of at least 4 members (excludes halogenated alkanes) is 3. The van der Waals surface area contributed by atoms with Gasteiger partial charge in [0.2, 0.25) is 0 Å². The molecule has 1 aliphatic heterocycles. The lowest BCUT2D eigenvalue weighted by molar-refractivity contribution is -0.148. The zero-order valence-electron chi connectivity index (χ0n) is 17.5. The highest BCUT2D eigenvalue weighted by atomic mass is 19.3. The number of methoxy groups -OCH3 is 1. The normalized spacial score (nSPS) is 19.1. The summed E-state index contributed by atoms with van der Waals surface area (Å²) in [6.45, 7) is 3.87. The van der Waals surface area contributed by atoms with Crippen LogP contribution in [-0.4, -0.2) is 48.2 Å². The van der Waals surface area contributed by atoms with Crippen LogP contribution < -0.4 is 0 Å². The number of ether oxygens (including phenoxy) is 1. The van der Waals surface area contributed by atoms with E-state index in [4.69, 9.17) is 0 Å². The molecule has 2 atom stereocenters. The number of halogens is 2. The number of hydrogen-bond acceptors (Lipinski definition) is 4. The number of carbonyl (C=O) groups is 3. The van der Waals surface area contributed by atoms with E-state index in [2.05, 4.69) is 16.6 Å². The Hall–Kier alpha value is -2.23. The molecule has 1 amide bonds. The van der Waals surface area contributed by atoms with Crippen molar-refractivity contribution >= 4 is 17.7 Å². The predicted octanol–water partition coefficient (Wildman–Crippen LogP) is 3.91. The molecule has 1 saturated heterocycles. The minimum atomic E-state index is -3.40. The smallest absolute Gasteiger partial charge is 0.327 e. The van der Waals surface area contributed by atoms with Crippen molar-refractivity contribution < 1.29 is 27.9 Å². The van der Waals surface area contributed by atoms with Gasteiger partial charge in [-0.25, -0.2) is 0 Å². The molecule has 1 rings (SSSR count). The highest BCUT2D eigenvalue weighted by Crippen LogP contribution is 2.34. The van der Waals surface area contributed by atoms with E-state index in [1.807, 2.05) is 6.92 Å². The molecule has 1 fully saturated rings. The Kier molecular flexibility index (Phi) is 10.6. The Labute approximate surface area is 171 Å². The molecule has 0 aromatic carbocycles. The van der Waals surface area contributed by atoms with Crippen LogP contribution in [0.1, 0.15) is 65.2 Å². The van der Waals surface area contributed by atoms with E-state index in [9.17, 15) is 23.2 Å². The molecule has 1 heterocycles. The van der Waals surface area contributed by atoms with Gasteiger partial charge in [0.15, 0.2) is 5.78 Å². The second-order valence-electron chi connectivity index (χ2n) is 7.29. The lowest BCUT2D eigenvalue weighted by Gasteiger charge is -2.21. The van der Waals surface area contributed by atoms with Crippen molar-refractivity contribution in [3.8, 4) is 11.8 Å². The first-order chi connectivity index (χ1) is 13.7. The Morgan fingerprint density at radius 3 is 2.62 bits per heavy atom. The summed E-state index contributed by atoms with van der Waals surface area (Å²) in [4.78, 5) is 36.4. The monoisotopic (exact) mass is 411 g/mol. The number of esters is 1. The zero-order chi connectivity index (χ0) is 21.9. The van der Waals surface area contributed by atoms with Crippen LogP contribution in [0.2, 0.25) is 0 Å². The van der Waals surface area contributed by atoms with E-state index >= 15 is 0 Å². The third-order valence-electron chi connectivity index (χ3n) is 4.88. The Morgan fingerprint density at radius 2 is 1.97 bits per heavy atom. The fraction of sp³-hybridized carbons (Fsp3) is 0.682. The molecular weight excluding hydrogens is 380 g/mol. The zero-order valence-corrected chi connectivity index (χ0v) is 17.5. The van der Waals surface area contributed by atoms with Gasteiger partial charge in [-0.05, 0) is 18.9 Å². The minimum Gasteiger partial charge on any atom is -0.469 e. The van der Waals surface area contributed by atoms with Crippen molar-refractivity contribution in [3.05, 3.63) is 12.2 Å². The van der Waals surface area contributed by atoms with E-state index in [0.717, 1.165) is 17.7 Å². The van der Waals surface area contributed by atoms with Gasteiger partial charge in [-0.2, -0.15) is 8.78 Å². The molecule has 29 heavy (non-hydrogen) atoms. The molecule has 162 valence electrons. The van der Waals surface area contributed by atoms with Gasteiger partial charge in [0.1, 0.15) is 0 Å². The van der Waals surface area contributed by atoms with Gasteiger partial charge in [-0.3, -0.25) is 14.4 Å². The van der Waals surface area contributed by atoms with Gasteiger partial charge in [0.25, 0.3) is 5.91 Å². The molecule has 0 N–H and O–H groups in total. The highest BCUT2D eigenvalue weighted by molar-refractivity contribution is 5.92. The van der Waals surface area contributed by atoms with E-state index in [-0.39, 0.29) is 24.2 Å². The maximum Gasteiger partial charge on any atom is 0.327 e. The first kappa shape index (κ1) is 24.8. The SMILES string of the molecule is CCC#CCC(C)C(=O)C=CC1CC(F)(F)C(=O)N1CCCCCCC(=O)OC. The molecule has 0 aliphatic carbocycles. The highest BCUT2D eigenvalue weighted by Gasteiger charge is 2.52. The average molecular weight is 411 g/mol. The van der Waals surface area contributed by atoms with Gasteiger partial charge in [0, 0.05) is 38.1 Å². The first-order valence-electron chi connectivity index (χ1n) is 10.2. The van der Waals surface area contributed by atoms with Crippen molar-refractivity contribution in [2.24, 2.45) is 5.92 Å². The summed E-state index contributed by atoms with van der Waals surface area (Å²) in [5.74, 6) is 0.454. The number of alkyl halides is 2.